The van der Waals surface area contributed by atoms with Crippen molar-refractivity contribution in [3.63, 3.8) is 0 Å². The Kier molecular flexibility index (Phi) is 7.29. The number of benzene rings is 2. The van der Waals surface area contributed by atoms with E-state index in [1.54, 1.807) is 6.07 Å². The molecule has 3 aromatic rings. The smallest absolute Gasteiger partial charge is 0.245 e. The Morgan fingerprint density at radius 3 is 2.68 bits per heavy atom. The lowest BCUT2D eigenvalue weighted by Gasteiger charge is -2.36. The van der Waals surface area contributed by atoms with Crippen LogP contribution in [0.4, 0.5) is 8.78 Å². The Hall–Kier alpha value is -3.23. The summed E-state index contributed by atoms with van der Waals surface area (Å²) in [5, 5.41) is 9.75. The quantitative estimate of drug-likeness (QED) is 0.384. The van der Waals surface area contributed by atoms with Crippen molar-refractivity contribution < 1.29 is 18.4 Å². The van der Waals surface area contributed by atoms with Gasteiger partial charge in [-0.1, -0.05) is 17.7 Å². The van der Waals surface area contributed by atoms with Gasteiger partial charge in [0, 0.05) is 29.7 Å². The first kappa shape index (κ1) is 23.9. The molecule has 0 spiro atoms. The first-order chi connectivity index (χ1) is 16.4. The summed E-state index contributed by atoms with van der Waals surface area (Å²) in [5.41, 5.74) is 1.26. The molecule has 6 nitrogen and oxygen atoms in total. The number of aromatic nitrogens is 1. The molecule has 0 saturated carbocycles. The first-order valence-corrected chi connectivity index (χ1v) is 11.4. The van der Waals surface area contributed by atoms with Crippen molar-refractivity contribution in [1.82, 2.24) is 20.9 Å². The molecule has 2 aromatic carbocycles. The van der Waals surface area contributed by atoms with E-state index in [-0.39, 0.29) is 16.7 Å². The zero-order valence-electron chi connectivity index (χ0n) is 18.4. The average Bonchev–Trinajstić information content (AvgIpc) is 3.22. The Morgan fingerprint density at radius 1 is 1.12 bits per heavy atom. The third-order valence-electron chi connectivity index (χ3n) is 6.03. The van der Waals surface area contributed by atoms with Crippen molar-refractivity contribution in [2.45, 2.75) is 24.8 Å². The zero-order chi connectivity index (χ0) is 24.1. The molecule has 1 fully saturated rings. The van der Waals surface area contributed by atoms with Gasteiger partial charge in [0.2, 0.25) is 11.8 Å². The van der Waals surface area contributed by atoms with Crippen molar-refractivity contribution in [1.29, 1.82) is 0 Å². The van der Waals surface area contributed by atoms with E-state index in [1.807, 2.05) is 6.20 Å². The summed E-state index contributed by atoms with van der Waals surface area (Å²) in [6.07, 6.45) is 6.04. The number of carbonyl (C=O) groups excluding carboxylic acids is 2. The summed E-state index contributed by atoms with van der Waals surface area (Å²) in [6.45, 7) is 1.52. The molecule has 0 unspecified atom stereocenters. The SMILES string of the molecule is O=C(/C=C/c1ccc(F)c(Cl)c1)NC1(C(=O)NCCc2c[nH]c3ccc(F)cc23)CCNCC1. The third-order valence-corrected chi connectivity index (χ3v) is 6.32. The minimum Gasteiger partial charge on any atom is -0.361 e. The summed E-state index contributed by atoms with van der Waals surface area (Å²) in [7, 11) is 0. The highest BCUT2D eigenvalue weighted by Crippen LogP contribution is 2.22. The molecule has 34 heavy (non-hydrogen) atoms. The number of rotatable bonds is 7. The minimum absolute atomic E-state index is 0.0327. The van der Waals surface area contributed by atoms with Gasteiger partial charge in [-0.05, 0) is 79.9 Å². The lowest BCUT2D eigenvalue weighted by molar-refractivity contribution is -0.133. The van der Waals surface area contributed by atoms with Crippen molar-refractivity contribution in [2.75, 3.05) is 19.6 Å². The predicted octanol–water partition coefficient (Wildman–Crippen LogP) is 3.71. The Labute approximate surface area is 200 Å². The van der Waals surface area contributed by atoms with Crippen molar-refractivity contribution in [3.8, 4) is 0 Å². The molecule has 1 aromatic heterocycles. The second-order valence-electron chi connectivity index (χ2n) is 8.34. The number of nitrogens with one attached hydrogen (secondary N) is 4. The van der Waals surface area contributed by atoms with Gasteiger partial charge in [-0.3, -0.25) is 9.59 Å². The lowest BCUT2D eigenvalue weighted by atomic mass is 9.87. The maximum Gasteiger partial charge on any atom is 0.245 e. The molecule has 1 saturated heterocycles. The Balaban J connectivity index is 1.40. The molecule has 0 bridgehead atoms. The Morgan fingerprint density at radius 2 is 1.91 bits per heavy atom. The van der Waals surface area contributed by atoms with E-state index in [2.05, 4.69) is 20.9 Å². The number of hydrogen-bond donors (Lipinski definition) is 4. The molecule has 1 aliphatic rings. The van der Waals surface area contributed by atoms with Gasteiger partial charge in [-0.25, -0.2) is 8.78 Å². The number of H-pyrrole nitrogens is 1. The number of carbonyl (C=O) groups is 2. The van der Waals surface area contributed by atoms with Gasteiger partial charge in [-0.2, -0.15) is 0 Å². The highest BCUT2D eigenvalue weighted by atomic mass is 35.5. The van der Waals surface area contributed by atoms with Crippen LogP contribution in [0.2, 0.25) is 5.02 Å². The van der Waals surface area contributed by atoms with Gasteiger partial charge in [0.25, 0.3) is 0 Å². The van der Waals surface area contributed by atoms with Crippen LogP contribution in [0.5, 0.6) is 0 Å². The van der Waals surface area contributed by atoms with Gasteiger partial charge in [0.05, 0.1) is 5.02 Å². The third kappa shape index (κ3) is 5.46. The van der Waals surface area contributed by atoms with Gasteiger partial charge in [-0.15, -0.1) is 0 Å². The molecular formula is C25H25ClF2N4O2. The average molecular weight is 487 g/mol. The van der Waals surface area contributed by atoms with E-state index in [0.717, 1.165) is 16.5 Å². The fraction of sp³-hybridized carbons (Fsp3) is 0.280. The highest BCUT2D eigenvalue weighted by Gasteiger charge is 2.40. The zero-order valence-corrected chi connectivity index (χ0v) is 19.1. The van der Waals surface area contributed by atoms with Crippen LogP contribution in [0.1, 0.15) is 24.0 Å². The predicted molar refractivity (Wildman–Crippen MR) is 128 cm³/mol. The summed E-state index contributed by atoms with van der Waals surface area (Å²) in [6, 6.07) is 8.70. The molecule has 0 radical (unpaired) electrons. The first-order valence-electron chi connectivity index (χ1n) is 11.1. The molecule has 2 heterocycles. The van der Waals surface area contributed by atoms with Gasteiger partial charge < -0.3 is 20.9 Å². The number of amides is 2. The second kappa shape index (κ2) is 10.4. The monoisotopic (exact) mass is 486 g/mol. The van der Waals surface area contributed by atoms with Crippen LogP contribution >= 0.6 is 11.6 Å². The van der Waals surface area contributed by atoms with Crippen molar-refractivity contribution in [2.24, 2.45) is 0 Å². The van der Waals surface area contributed by atoms with Crippen LogP contribution < -0.4 is 16.0 Å². The van der Waals surface area contributed by atoms with Crippen LogP contribution in [0.3, 0.4) is 0 Å². The van der Waals surface area contributed by atoms with Crippen molar-refractivity contribution in [3.05, 3.63) is 76.5 Å². The number of aromatic amines is 1. The van der Waals surface area contributed by atoms with Crippen LogP contribution in [-0.4, -0.2) is 42.0 Å². The van der Waals surface area contributed by atoms with E-state index in [0.29, 0.717) is 44.5 Å². The molecule has 1 aliphatic heterocycles. The number of piperidine rings is 1. The van der Waals surface area contributed by atoms with E-state index in [4.69, 9.17) is 11.6 Å². The number of hydrogen-bond acceptors (Lipinski definition) is 3. The summed E-state index contributed by atoms with van der Waals surface area (Å²) in [5.74, 6) is -1.53. The molecule has 4 N–H and O–H groups in total. The van der Waals surface area contributed by atoms with E-state index in [1.165, 1.54) is 42.5 Å². The fourth-order valence-electron chi connectivity index (χ4n) is 4.17. The summed E-state index contributed by atoms with van der Waals surface area (Å²) < 4.78 is 26.9. The Bertz CT molecular complexity index is 1230. The van der Waals surface area contributed by atoms with Gasteiger partial charge in [0.15, 0.2) is 0 Å². The molecule has 0 atom stereocenters. The van der Waals surface area contributed by atoms with Crippen LogP contribution in [0, 0.1) is 11.6 Å². The van der Waals surface area contributed by atoms with E-state index in [9.17, 15) is 18.4 Å². The maximum atomic E-state index is 13.6. The summed E-state index contributed by atoms with van der Waals surface area (Å²) in [4.78, 5) is 28.9. The number of fused-ring (bicyclic) bond motifs is 1. The number of halogens is 3. The second-order valence-corrected chi connectivity index (χ2v) is 8.75. The van der Waals surface area contributed by atoms with Gasteiger partial charge in [0.1, 0.15) is 17.2 Å². The molecule has 0 aliphatic carbocycles. The minimum atomic E-state index is -1.04. The van der Waals surface area contributed by atoms with Crippen molar-refractivity contribution >= 4 is 40.4 Å². The standard InChI is InChI=1S/C25H25ClF2N4O2/c26-20-13-16(1-4-21(20)28)2-6-23(33)32-25(8-11-29-12-9-25)24(34)30-10-7-17-15-31-22-5-3-18(27)14-19(17)22/h1-6,13-15,29,31H,7-12H2,(H,30,34)(H,32,33)/b6-2+. The largest absolute Gasteiger partial charge is 0.361 e. The normalized spacial score (nSPS) is 15.5. The maximum absolute atomic E-state index is 13.6. The van der Waals surface area contributed by atoms with E-state index < -0.39 is 17.3 Å². The van der Waals surface area contributed by atoms with Crippen LogP contribution in [0.25, 0.3) is 17.0 Å². The molecule has 9 heteroatoms. The topological polar surface area (TPSA) is 86.0 Å². The highest BCUT2D eigenvalue weighted by molar-refractivity contribution is 6.30. The molecule has 4 rings (SSSR count). The molecular weight excluding hydrogens is 462 g/mol. The summed E-state index contributed by atoms with van der Waals surface area (Å²) >= 11 is 5.78. The molecule has 2 amide bonds. The van der Waals surface area contributed by atoms with Crippen LogP contribution in [0.15, 0.2) is 48.7 Å². The van der Waals surface area contributed by atoms with Gasteiger partial charge >= 0.3 is 0 Å². The van der Waals surface area contributed by atoms with E-state index >= 15 is 0 Å². The molecule has 178 valence electrons. The van der Waals surface area contributed by atoms with Crippen LogP contribution in [-0.2, 0) is 16.0 Å². The lowest BCUT2D eigenvalue weighted by Crippen LogP contribution is -2.62. The fourth-order valence-corrected chi connectivity index (χ4v) is 4.35.